The number of hydrogen-bond donors (Lipinski definition) is 2. The quantitative estimate of drug-likeness (QED) is 0.611. The smallest absolute Gasteiger partial charge is 0.235 e. The fourth-order valence-corrected chi connectivity index (χ4v) is 2.00. The highest BCUT2D eigenvalue weighted by molar-refractivity contribution is 6.07. The van der Waals surface area contributed by atoms with Crippen LogP contribution in [0.2, 0.25) is 0 Å². The largest absolute Gasteiger partial charge is 0.352 e. The Morgan fingerprint density at radius 3 is 2.50 bits per heavy atom. The first-order valence-electron chi connectivity index (χ1n) is 6.51. The van der Waals surface area contributed by atoms with Gasteiger partial charge in [0.15, 0.2) is 0 Å². The first kappa shape index (κ1) is 14.2. The van der Waals surface area contributed by atoms with Gasteiger partial charge in [-0.3, -0.25) is 9.59 Å². The molecule has 5 heteroatoms. The van der Waals surface area contributed by atoms with Crippen LogP contribution in [0.4, 0.5) is 4.39 Å². The molecule has 0 aromatic heterocycles. The SMILES string of the molecule is C=CCNC(=O)C1(C(=O)NCc2ccccc2F)CC1. The Bertz CT molecular complexity index is 538. The van der Waals surface area contributed by atoms with Gasteiger partial charge in [0.1, 0.15) is 11.2 Å². The molecule has 2 N–H and O–H groups in total. The van der Waals surface area contributed by atoms with Crippen molar-refractivity contribution < 1.29 is 14.0 Å². The van der Waals surface area contributed by atoms with E-state index in [1.165, 1.54) is 6.07 Å². The summed E-state index contributed by atoms with van der Waals surface area (Å²) in [5, 5.41) is 5.27. The van der Waals surface area contributed by atoms with Crippen molar-refractivity contribution in [2.24, 2.45) is 5.41 Å². The van der Waals surface area contributed by atoms with Gasteiger partial charge in [0.25, 0.3) is 0 Å². The lowest BCUT2D eigenvalue weighted by atomic mass is 10.0. The molecular weight excluding hydrogens is 259 g/mol. The number of hydrogen-bond acceptors (Lipinski definition) is 2. The molecule has 0 heterocycles. The number of carbonyl (C=O) groups excluding carboxylic acids is 2. The molecule has 20 heavy (non-hydrogen) atoms. The minimum atomic E-state index is -0.978. The fourth-order valence-electron chi connectivity index (χ4n) is 2.00. The van der Waals surface area contributed by atoms with E-state index in [2.05, 4.69) is 17.2 Å². The summed E-state index contributed by atoms with van der Waals surface area (Å²) in [5.41, 5.74) is -0.572. The summed E-state index contributed by atoms with van der Waals surface area (Å²) >= 11 is 0. The van der Waals surface area contributed by atoms with Gasteiger partial charge in [-0.25, -0.2) is 4.39 Å². The Morgan fingerprint density at radius 2 is 1.90 bits per heavy atom. The number of carbonyl (C=O) groups is 2. The Kier molecular flexibility index (Phi) is 4.17. The molecule has 0 unspecified atom stereocenters. The first-order valence-corrected chi connectivity index (χ1v) is 6.51. The van der Waals surface area contributed by atoms with Crippen LogP contribution in [-0.4, -0.2) is 18.4 Å². The van der Waals surface area contributed by atoms with Crippen molar-refractivity contribution in [3.05, 3.63) is 48.3 Å². The lowest BCUT2D eigenvalue weighted by molar-refractivity contribution is -0.137. The summed E-state index contributed by atoms with van der Waals surface area (Å²) in [4.78, 5) is 24.0. The standard InChI is InChI=1S/C15H17FN2O2/c1-2-9-17-13(19)15(7-8-15)14(20)18-10-11-5-3-4-6-12(11)16/h2-6H,1,7-10H2,(H,17,19)(H,18,20). The van der Waals surface area contributed by atoms with Crippen LogP contribution < -0.4 is 10.6 Å². The van der Waals surface area contributed by atoms with Gasteiger partial charge in [0.05, 0.1) is 0 Å². The maximum atomic E-state index is 13.4. The van der Waals surface area contributed by atoms with E-state index in [4.69, 9.17) is 0 Å². The average molecular weight is 276 g/mol. The molecule has 4 nitrogen and oxygen atoms in total. The Hall–Kier alpha value is -2.17. The van der Waals surface area contributed by atoms with Crippen molar-refractivity contribution in [3.8, 4) is 0 Å². The summed E-state index contributed by atoms with van der Waals surface area (Å²) in [7, 11) is 0. The third-order valence-corrected chi connectivity index (χ3v) is 3.42. The Balaban J connectivity index is 1.93. The third-order valence-electron chi connectivity index (χ3n) is 3.42. The second kappa shape index (κ2) is 5.86. The van der Waals surface area contributed by atoms with Crippen molar-refractivity contribution in [1.29, 1.82) is 0 Å². The molecule has 1 saturated carbocycles. The van der Waals surface area contributed by atoms with Crippen LogP contribution in [-0.2, 0) is 16.1 Å². The highest BCUT2D eigenvalue weighted by Crippen LogP contribution is 2.46. The fraction of sp³-hybridized carbons (Fsp3) is 0.333. The zero-order valence-electron chi connectivity index (χ0n) is 11.1. The normalized spacial score (nSPS) is 15.2. The van der Waals surface area contributed by atoms with Crippen molar-refractivity contribution in [1.82, 2.24) is 10.6 Å². The van der Waals surface area contributed by atoms with Crippen LogP contribution in [0.1, 0.15) is 18.4 Å². The molecule has 1 aliphatic carbocycles. The molecule has 0 bridgehead atoms. The van der Waals surface area contributed by atoms with Crippen LogP contribution in [0, 0.1) is 11.2 Å². The summed E-state index contributed by atoms with van der Waals surface area (Å²) in [6.07, 6.45) is 2.61. The van der Waals surface area contributed by atoms with Crippen molar-refractivity contribution in [2.75, 3.05) is 6.54 Å². The molecule has 0 spiro atoms. The first-order chi connectivity index (χ1) is 9.60. The van der Waals surface area contributed by atoms with Crippen LogP contribution >= 0.6 is 0 Å². The van der Waals surface area contributed by atoms with Gasteiger partial charge >= 0.3 is 0 Å². The summed E-state index contributed by atoms with van der Waals surface area (Å²) in [5.74, 6) is -1.00. The predicted octanol–water partition coefficient (Wildman–Crippen LogP) is 1.52. The van der Waals surface area contributed by atoms with Gasteiger partial charge < -0.3 is 10.6 Å². The van der Waals surface area contributed by atoms with Crippen LogP contribution in [0.5, 0.6) is 0 Å². The highest BCUT2D eigenvalue weighted by Gasteiger charge is 2.56. The number of rotatable bonds is 6. The van der Waals surface area contributed by atoms with Gasteiger partial charge in [-0.15, -0.1) is 6.58 Å². The van der Waals surface area contributed by atoms with E-state index in [0.29, 0.717) is 24.9 Å². The number of amides is 2. The van der Waals surface area contributed by atoms with E-state index in [1.54, 1.807) is 24.3 Å². The molecule has 1 aromatic rings. The minimum Gasteiger partial charge on any atom is -0.352 e. The topological polar surface area (TPSA) is 58.2 Å². The van der Waals surface area contributed by atoms with Crippen molar-refractivity contribution in [2.45, 2.75) is 19.4 Å². The maximum Gasteiger partial charge on any atom is 0.235 e. The zero-order valence-corrected chi connectivity index (χ0v) is 11.1. The average Bonchev–Trinajstić information content (AvgIpc) is 3.25. The maximum absolute atomic E-state index is 13.4. The molecule has 0 radical (unpaired) electrons. The molecule has 1 aliphatic rings. The van der Waals surface area contributed by atoms with Crippen molar-refractivity contribution in [3.63, 3.8) is 0 Å². The van der Waals surface area contributed by atoms with Gasteiger partial charge in [0, 0.05) is 18.7 Å². The van der Waals surface area contributed by atoms with Crippen molar-refractivity contribution >= 4 is 11.8 Å². The van der Waals surface area contributed by atoms with Gasteiger partial charge in [-0.2, -0.15) is 0 Å². The molecule has 1 aromatic carbocycles. The predicted molar refractivity (Wildman–Crippen MR) is 73.1 cm³/mol. The number of benzene rings is 1. The highest BCUT2D eigenvalue weighted by atomic mass is 19.1. The second-order valence-corrected chi connectivity index (χ2v) is 4.85. The molecule has 0 saturated heterocycles. The minimum absolute atomic E-state index is 0.0853. The van der Waals surface area contributed by atoms with E-state index < -0.39 is 5.41 Å². The van der Waals surface area contributed by atoms with Crippen LogP contribution in [0.25, 0.3) is 0 Å². The number of nitrogens with one attached hydrogen (secondary N) is 2. The second-order valence-electron chi connectivity index (χ2n) is 4.85. The number of halogens is 1. The van der Waals surface area contributed by atoms with E-state index >= 15 is 0 Å². The Labute approximate surface area is 117 Å². The lowest BCUT2D eigenvalue weighted by Gasteiger charge is -2.15. The van der Waals surface area contributed by atoms with Gasteiger partial charge in [-0.05, 0) is 18.9 Å². The van der Waals surface area contributed by atoms with E-state index in [0.717, 1.165) is 0 Å². The van der Waals surface area contributed by atoms with E-state index in [9.17, 15) is 14.0 Å². The lowest BCUT2D eigenvalue weighted by Crippen LogP contribution is -2.42. The zero-order chi connectivity index (χ0) is 14.6. The molecule has 2 rings (SSSR count). The summed E-state index contributed by atoms with van der Waals surface area (Å²) in [6.45, 7) is 3.93. The monoisotopic (exact) mass is 276 g/mol. The van der Waals surface area contributed by atoms with Crippen LogP contribution in [0.3, 0.4) is 0 Å². The van der Waals surface area contributed by atoms with Gasteiger partial charge in [0.2, 0.25) is 11.8 Å². The van der Waals surface area contributed by atoms with Crippen LogP contribution in [0.15, 0.2) is 36.9 Å². The van der Waals surface area contributed by atoms with E-state index in [1.807, 2.05) is 0 Å². The van der Waals surface area contributed by atoms with E-state index in [-0.39, 0.29) is 24.2 Å². The Morgan fingerprint density at radius 1 is 1.25 bits per heavy atom. The molecule has 0 atom stereocenters. The molecule has 106 valence electrons. The third kappa shape index (κ3) is 2.87. The molecule has 2 amide bonds. The molecule has 1 fully saturated rings. The summed E-state index contributed by atoms with van der Waals surface area (Å²) in [6, 6.07) is 6.23. The molecular formula is C15H17FN2O2. The molecule has 0 aliphatic heterocycles. The summed E-state index contributed by atoms with van der Waals surface area (Å²) < 4.78 is 13.4. The van der Waals surface area contributed by atoms with Gasteiger partial charge in [-0.1, -0.05) is 24.3 Å².